The van der Waals surface area contributed by atoms with Crippen LogP contribution in [0.15, 0.2) is 29.1 Å². The first-order valence-corrected chi connectivity index (χ1v) is 10.7. The summed E-state index contributed by atoms with van der Waals surface area (Å²) in [5.74, 6) is -0.375. The Balaban J connectivity index is 1.97. The lowest BCUT2D eigenvalue weighted by Crippen LogP contribution is -2.33. The second kappa shape index (κ2) is 8.79. The highest BCUT2D eigenvalue weighted by atomic mass is 32.1. The van der Waals surface area contributed by atoms with Gasteiger partial charge in [0, 0.05) is 5.69 Å². The molecule has 1 amide bonds. The highest BCUT2D eigenvalue weighted by Crippen LogP contribution is 2.28. The fourth-order valence-electron chi connectivity index (χ4n) is 3.33. The zero-order valence-electron chi connectivity index (χ0n) is 17.7. The van der Waals surface area contributed by atoms with Crippen LogP contribution in [0.4, 0.5) is 5.69 Å². The average molecular weight is 428 g/mol. The summed E-state index contributed by atoms with van der Waals surface area (Å²) in [5, 5.41) is 3.20. The summed E-state index contributed by atoms with van der Waals surface area (Å²) in [6.07, 6.45) is 0.915. The normalized spacial score (nSPS) is 12.0. The number of anilines is 1. The van der Waals surface area contributed by atoms with Crippen LogP contribution in [0.1, 0.15) is 53.4 Å². The Kier molecular flexibility index (Phi) is 6.36. The standard InChI is InChI=1S/C22H25N3O4S/c1-6-15-8-10-16(11-9-15)24-19(26)13(4)25-14(5)23-20-17(21(25)27)12(3)18(30-20)22(28)29-7-2/h8-11,13H,6-7H2,1-5H3,(H,24,26)/t13-/m0/s1. The maximum Gasteiger partial charge on any atom is 0.348 e. The summed E-state index contributed by atoms with van der Waals surface area (Å²) in [6, 6.07) is 6.82. The molecule has 2 aromatic heterocycles. The van der Waals surface area contributed by atoms with Crippen LogP contribution in [0.2, 0.25) is 0 Å². The minimum atomic E-state index is -0.773. The van der Waals surface area contributed by atoms with Gasteiger partial charge in [0.05, 0.1) is 12.0 Å². The molecule has 0 fully saturated rings. The van der Waals surface area contributed by atoms with Gasteiger partial charge in [-0.05, 0) is 57.4 Å². The minimum absolute atomic E-state index is 0.250. The van der Waals surface area contributed by atoms with Crippen molar-refractivity contribution < 1.29 is 14.3 Å². The number of esters is 1. The molecule has 1 atom stereocenters. The van der Waals surface area contributed by atoms with Gasteiger partial charge in [-0.1, -0.05) is 19.1 Å². The summed E-state index contributed by atoms with van der Waals surface area (Å²) in [4.78, 5) is 43.6. The van der Waals surface area contributed by atoms with E-state index in [9.17, 15) is 14.4 Å². The van der Waals surface area contributed by atoms with Crippen molar-refractivity contribution in [3.05, 3.63) is 56.4 Å². The van der Waals surface area contributed by atoms with Crippen LogP contribution >= 0.6 is 11.3 Å². The van der Waals surface area contributed by atoms with Gasteiger partial charge in [0.1, 0.15) is 21.6 Å². The van der Waals surface area contributed by atoms with E-state index < -0.39 is 12.0 Å². The lowest BCUT2D eigenvalue weighted by Gasteiger charge is -2.17. The number of amides is 1. The second-order valence-corrected chi connectivity index (χ2v) is 8.01. The molecule has 0 saturated carbocycles. The Hall–Kier alpha value is -3.00. The van der Waals surface area contributed by atoms with Gasteiger partial charge in [-0.15, -0.1) is 11.3 Å². The number of ether oxygens (including phenoxy) is 1. The van der Waals surface area contributed by atoms with Gasteiger partial charge in [0.25, 0.3) is 5.56 Å². The molecule has 8 heteroatoms. The number of nitrogens with zero attached hydrogens (tertiary/aromatic N) is 2. The lowest BCUT2D eigenvalue weighted by atomic mass is 10.1. The van der Waals surface area contributed by atoms with E-state index in [1.165, 1.54) is 10.1 Å². The number of fused-ring (bicyclic) bond motifs is 1. The van der Waals surface area contributed by atoms with Crippen molar-refractivity contribution in [3.8, 4) is 0 Å². The SMILES string of the molecule is CCOC(=O)c1sc2nc(C)n([C@@H](C)C(=O)Nc3ccc(CC)cc3)c(=O)c2c1C. The molecule has 0 spiro atoms. The lowest BCUT2D eigenvalue weighted by molar-refractivity contribution is -0.118. The summed E-state index contributed by atoms with van der Waals surface area (Å²) in [7, 11) is 0. The quantitative estimate of drug-likeness (QED) is 0.600. The van der Waals surface area contributed by atoms with E-state index in [4.69, 9.17) is 4.74 Å². The summed E-state index contributed by atoms with van der Waals surface area (Å²) < 4.78 is 6.45. The molecule has 2 heterocycles. The first-order valence-electron chi connectivity index (χ1n) is 9.87. The van der Waals surface area contributed by atoms with Gasteiger partial charge in [-0.25, -0.2) is 9.78 Å². The summed E-state index contributed by atoms with van der Waals surface area (Å²) in [5.41, 5.74) is 2.03. The number of rotatable bonds is 6. The Morgan fingerprint density at radius 2 is 1.87 bits per heavy atom. The first-order chi connectivity index (χ1) is 14.3. The molecule has 3 rings (SSSR count). The van der Waals surface area contributed by atoms with Crippen LogP contribution in [0, 0.1) is 13.8 Å². The van der Waals surface area contributed by atoms with E-state index in [1.54, 1.807) is 27.7 Å². The Bertz CT molecular complexity index is 1160. The number of hydrogen-bond acceptors (Lipinski definition) is 6. The zero-order valence-corrected chi connectivity index (χ0v) is 18.6. The minimum Gasteiger partial charge on any atom is -0.462 e. The number of aryl methyl sites for hydroxylation is 3. The van der Waals surface area contributed by atoms with E-state index in [0.717, 1.165) is 17.8 Å². The third kappa shape index (κ3) is 4.00. The van der Waals surface area contributed by atoms with E-state index in [-0.39, 0.29) is 18.1 Å². The number of hydrogen-bond donors (Lipinski definition) is 1. The topological polar surface area (TPSA) is 90.3 Å². The van der Waals surface area contributed by atoms with Gasteiger partial charge < -0.3 is 10.1 Å². The second-order valence-electron chi connectivity index (χ2n) is 7.01. The predicted molar refractivity (Wildman–Crippen MR) is 118 cm³/mol. The zero-order chi connectivity index (χ0) is 22.0. The molecular weight excluding hydrogens is 402 g/mol. The van der Waals surface area contributed by atoms with Crippen molar-refractivity contribution in [2.24, 2.45) is 0 Å². The molecule has 0 radical (unpaired) electrons. The molecule has 0 aliphatic heterocycles. The van der Waals surface area contributed by atoms with Crippen molar-refractivity contribution in [3.63, 3.8) is 0 Å². The number of carbonyl (C=O) groups is 2. The number of thiophene rings is 1. The summed E-state index contributed by atoms with van der Waals surface area (Å²) >= 11 is 1.14. The molecule has 1 aromatic carbocycles. The largest absolute Gasteiger partial charge is 0.462 e. The van der Waals surface area contributed by atoms with Crippen LogP contribution in [-0.2, 0) is 16.0 Å². The van der Waals surface area contributed by atoms with Crippen molar-refractivity contribution >= 4 is 39.1 Å². The van der Waals surface area contributed by atoms with Crippen LogP contribution < -0.4 is 10.9 Å². The molecule has 0 aliphatic carbocycles. The number of benzene rings is 1. The third-order valence-electron chi connectivity index (χ3n) is 5.03. The van der Waals surface area contributed by atoms with Crippen LogP contribution in [0.3, 0.4) is 0 Å². The van der Waals surface area contributed by atoms with Crippen molar-refractivity contribution in [2.75, 3.05) is 11.9 Å². The van der Waals surface area contributed by atoms with Crippen molar-refractivity contribution in [1.29, 1.82) is 0 Å². The van der Waals surface area contributed by atoms with E-state index in [2.05, 4.69) is 17.2 Å². The van der Waals surface area contributed by atoms with Gasteiger partial charge in [0.15, 0.2) is 0 Å². The van der Waals surface area contributed by atoms with Crippen molar-refractivity contribution in [2.45, 2.75) is 47.1 Å². The third-order valence-corrected chi connectivity index (χ3v) is 6.20. The first kappa shape index (κ1) is 21.7. The van der Waals surface area contributed by atoms with E-state index >= 15 is 0 Å². The molecule has 0 bridgehead atoms. The highest BCUT2D eigenvalue weighted by Gasteiger charge is 2.25. The smallest absolute Gasteiger partial charge is 0.348 e. The molecule has 1 N–H and O–H groups in total. The molecule has 158 valence electrons. The molecule has 0 aliphatic rings. The number of carbonyl (C=O) groups excluding carboxylic acids is 2. The molecule has 0 unspecified atom stereocenters. The highest BCUT2D eigenvalue weighted by molar-refractivity contribution is 7.20. The Labute approximate surface area is 178 Å². The molecule has 30 heavy (non-hydrogen) atoms. The maximum absolute atomic E-state index is 13.2. The van der Waals surface area contributed by atoms with Crippen LogP contribution in [0.25, 0.3) is 10.2 Å². The van der Waals surface area contributed by atoms with Gasteiger partial charge in [-0.2, -0.15) is 0 Å². The van der Waals surface area contributed by atoms with Gasteiger partial charge in [0.2, 0.25) is 5.91 Å². The average Bonchev–Trinajstić information content (AvgIpc) is 3.05. The van der Waals surface area contributed by atoms with Gasteiger partial charge >= 0.3 is 5.97 Å². The molecule has 0 saturated heterocycles. The maximum atomic E-state index is 13.2. The fraction of sp³-hybridized carbons (Fsp3) is 0.364. The monoisotopic (exact) mass is 427 g/mol. The van der Waals surface area contributed by atoms with Crippen LogP contribution in [0.5, 0.6) is 0 Å². The molecule has 7 nitrogen and oxygen atoms in total. The van der Waals surface area contributed by atoms with Gasteiger partial charge in [-0.3, -0.25) is 14.2 Å². The van der Waals surface area contributed by atoms with E-state index in [0.29, 0.717) is 32.2 Å². The predicted octanol–water partition coefficient (Wildman–Crippen LogP) is 4.01. The molecule has 3 aromatic rings. The summed E-state index contributed by atoms with van der Waals surface area (Å²) in [6.45, 7) is 9.08. The van der Waals surface area contributed by atoms with Crippen LogP contribution in [-0.4, -0.2) is 28.0 Å². The fourth-order valence-corrected chi connectivity index (χ4v) is 4.44. The number of aromatic nitrogens is 2. The Morgan fingerprint density at radius 3 is 2.47 bits per heavy atom. The Morgan fingerprint density at radius 1 is 1.20 bits per heavy atom. The van der Waals surface area contributed by atoms with Crippen molar-refractivity contribution in [1.82, 2.24) is 9.55 Å². The van der Waals surface area contributed by atoms with E-state index in [1.807, 2.05) is 24.3 Å². The molecular formula is C22H25N3O4S. The number of nitrogens with one attached hydrogen (secondary N) is 1.